The molecule has 0 amide bonds. The van der Waals surface area contributed by atoms with Gasteiger partial charge in [0.2, 0.25) is 0 Å². The molecule has 0 atom stereocenters. The second-order valence-electron chi connectivity index (χ2n) is 5.89. The van der Waals surface area contributed by atoms with Crippen LogP contribution in [0, 0.1) is 0 Å². The Morgan fingerprint density at radius 2 is 1.81 bits per heavy atom. The molecule has 0 saturated heterocycles. The molecule has 1 heteroatoms. The maximum absolute atomic E-state index is 2.46. The molecule has 0 saturated carbocycles. The highest BCUT2D eigenvalue weighted by molar-refractivity contribution is 6.81. The Morgan fingerprint density at radius 3 is 2.56 bits per heavy atom. The van der Waals surface area contributed by atoms with Gasteiger partial charge in [0.1, 0.15) is 0 Å². The van der Waals surface area contributed by atoms with Crippen molar-refractivity contribution < 1.29 is 0 Å². The Bertz CT molecular complexity index is 396. The standard InChI is InChI=1S/C15H22Si/c1-16(2,3)12-11-14-9-6-8-13-7-4-5-10-15(13)14/h6,8-9,11-12H,4-5,7,10H2,1-3H3/b12-11+. The van der Waals surface area contributed by atoms with E-state index in [0.717, 1.165) is 0 Å². The zero-order valence-corrected chi connectivity index (χ0v) is 11.7. The summed E-state index contributed by atoms with van der Waals surface area (Å²) in [4.78, 5) is 0. The summed E-state index contributed by atoms with van der Waals surface area (Å²) in [6.45, 7) is 7.16. The topological polar surface area (TPSA) is 0 Å². The summed E-state index contributed by atoms with van der Waals surface area (Å²) in [7, 11) is -1.07. The van der Waals surface area contributed by atoms with E-state index in [-0.39, 0.29) is 0 Å². The van der Waals surface area contributed by atoms with Gasteiger partial charge in [0, 0.05) is 0 Å². The van der Waals surface area contributed by atoms with E-state index in [9.17, 15) is 0 Å². The maximum atomic E-state index is 2.46. The van der Waals surface area contributed by atoms with Gasteiger partial charge in [0.25, 0.3) is 0 Å². The van der Waals surface area contributed by atoms with Crippen molar-refractivity contribution in [2.75, 3.05) is 0 Å². The summed E-state index contributed by atoms with van der Waals surface area (Å²) in [5.74, 6) is 0. The lowest BCUT2D eigenvalue weighted by molar-refractivity contribution is 0.684. The van der Waals surface area contributed by atoms with Gasteiger partial charge in [-0.05, 0) is 42.4 Å². The van der Waals surface area contributed by atoms with Gasteiger partial charge in [-0.15, -0.1) is 0 Å². The molecule has 2 rings (SSSR count). The number of aryl methyl sites for hydroxylation is 1. The highest BCUT2D eigenvalue weighted by Gasteiger charge is 2.12. The fraction of sp³-hybridized carbons (Fsp3) is 0.467. The van der Waals surface area contributed by atoms with Gasteiger partial charge in [-0.2, -0.15) is 0 Å². The molecule has 0 heterocycles. The largest absolute Gasteiger partial charge is 0.0944 e. The van der Waals surface area contributed by atoms with Crippen molar-refractivity contribution in [2.45, 2.75) is 45.3 Å². The van der Waals surface area contributed by atoms with Crippen LogP contribution in [0.3, 0.4) is 0 Å². The van der Waals surface area contributed by atoms with E-state index in [4.69, 9.17) is 0 Å². The molecule has 1 aliphatic rings. The Labute approximate surface area is 100 Å². The monoisotopic (exact) mass is 230 g/mol. The van der Waals surface area contributed by atoms with Crippen molar-refractivity contribution in [3.8, 4) is 0 Å². The molecule has 0 unspecified atom stereocenters. The molecule has 0 bridgehead atoms. The SMILES string of the molecule is C[Si](C)(C)/C=C/c1cccc2c1CCCC2. The maximum Gasteiger partial charge on any atom is 0.0687 e. The van der Waals surface area contributed by atoms with Crippen LogP contribution in [0.4, 0.5) is 0 Å². The molecular formula is C15H22Si. The minimum atomic E-state index is -1.07. The van der Waals surface area contributed by atoms with Crippen molar-refractivity contribution in [1.29, 1.82) is 0 Å². The third-order valence-electron chi connectivity index (χ3n) is 3.20. The van der Waals surface area contributed by atoms with E-state index in [0.29, 0.717) is 0 Å². The van der Waals surface area contributed by atoms with E-state index in [1.807, 2.05) is 0 Å². The molecule has 0 radical (unpaired) electrons. The fourth-order valence-corrected chi connectivity index (χ4v) is 2.99. The number of hydrogen-bond acceptors (Lipinski definition) is 0. The normalized spacial score (nSPS) is 16.4. The average molecular weight is 230 g/mol. The van der Waals surface area contributed by atoms with Gasteiger partial charge in [-0.3, -0.25) is 0 Å². The Hall–Kier alpha value is -0.823. The number of rotatable bonds is 2. The number of hydrogen-bond donors (Lipinski definition) is 0. The van der Waals surface area contributed by atoms with E-state index >= 15 is 0 Å². The molecule has 0 spiro atoms. The molecule has 16 heavy (non-hydrogen) atoms. The van der Waals surface area contributed by atoms with E-state index in [1.165, 1.54) is 31.2 Å². The molecule has 0 nitrogen and oxygen atoms in total. The lowest BCUT2D eigenvalue weighted by atomic mass is 9.88. The van der Waals surface area contributed by atoms with Crippen molar-refractivity contribution in [1.82, 2.24) is 0 Å². The third-order valence-corrected chi connectivity index (χ3v) is 4.36. The van der Waals surface area contributed by atoms with Crippen LogP contribution < -0.4 is 0 Å². The Kier molecular flexibility index (Phi) is 3.34. The van der Waals surface area contributed by atoms with Crippen LogP contribution in [0.2, 0.25) is 19.6 Å². The summed E-state index contributed by atoms with van der Waals surface area (Å²) >= 11 is 0. The molecule has 0 aliphatic heterocycles. The molecular weight excluding hydrogens is 208 g/mol. The first-order chi connectivity index (χ1) is 7.56. The van der Waals surface area contributed by atoms with Crippen molar-refractivity contribution in [2.24, 2.45) is 0 Å². The van der Waals surface area contributed by atoms with E-state index in [2.05, 4.69) is 49.6 Å². The Balaban J connectivity index is 2.31. The third kappa shape index (κ3) is 2.85. The molecule has 0 aromatic heterocycles. The zero-order chi connectivity index (χ0) is 11.6. The van der Waals surface area contributed by atoms with Gasteiger partial charge < -0.3 is 0 Å². The van der Waals surface area contributed by atoms with Gasteiger partial charge in [0.05, 0.1) is 8.07 Å². The molecule has 0 fully saturated rings. The molecule has 1 aromatic rings. The molecule has 0 N–H and O–H groups in total. The average Bonchev–Trinajstić information content (AvgIpc) is 2.25. The molecule has 86 valence electrons. The summed E-state index contributed by atoms with van der Waals surface area (Å²) in [6, 6.07) is 6.80. The van der Waals surface area contributed by atoms with Crippen molar-refractivity contribution >= 4 is 14.1 Å². The zero-order valence-electron chi connectivity index (χ0n) is 10.7. The highest BCUT2D eigenvalue weighted by atomic mass is 28.3. The minimum Gasteiger partial charge on any atom is -0.0944 e. The van der Waals surface area contributed by atoms with E-state index < -0.39 is 8.07 Å². The molecule has 1 aromatic carbocycles. The minimum absolute atomic E-state index is 1.07. The lowest BCUT2D eigenvalue weighted by Crippen LogP contribution is -2.15. The highest BCUT2D eigenvalue weighted by Crippen LogP contribution is 2.25. The lowest BCUT2D eigenvalue weighted by Gasteiger charge is -2.18. The first-order valence-corrected chi connectivity index (χ1v) is 9.94. The van der Waals surface area contributed by atoms with Gasteiger partial charge >= 0.3 is 0 Å². The Morgan fingerprint density at radius 1 is 1.06 bits per heavy atom. The number of fused-ring (bicyclic) bond motifs is 1. The van der Waals surface area contributed by atoms with Crippen LogP contribution in [-0.4, -0.2) is 8.07 Å². The van der Waals surface area contributed by atoms with Crippen molar-refractivity contribution in [3.63, 3.8) is 0 Å². The van der Waals surface area contributed by atoms with Gasteiger partial charge in [-0.1, -0.05) is 49.6 Å². The van der Waals surface area contributed by atoms with Gasteiger partial charge in [-0.25, -0.2) is 0 Å². The fourth-order valence-electron chi connectivity index (χ4n) is 2.31. The number of benzene rings is 1. The summed E-state index contributed by atoms with van der Waals surface area (Å²) in [5.41, 5.74) is 7.13. The second kappa shape index (κ2) is 4.58. The van der Waals surface area contributed by atoms with Crippen LogP contribution in [0.1, 0.15) is 29.5 Å². The predicted molar refractivity (Wildman–Crippen MR) is 75.5 cm³/mol. The summed E-state index contributed by atoms with van der Waals surface area (Å²) in [6.07, 6.45) is 7.67. The van der Waals surface area contributed by atoms with Gasteiger partial charge in [0.15, 0.2) is 0 Å². The van der Waals surface area contributed by atoms with E-state index in [1.54, 1.807) is 11.1 Å². The predicted octanol–water partition coefficient (Wildman–Crippen LogP) is 4.46. The first-order valence-electron chi connectivity index (χ1n) is 6.36. The van der Waals surface area contributed by atoms with Crippen LogP contribution >= 0.6 is 0 Å². The second-order valence-corrected chi connectivity index (χ2v) is 11.0. The van der Waals surface area contributed by atoms with Crippen LogP contribution in [0.15, 0.2) is 23.9 Å². The smallest absolute Gasteiger partial charge is 0.0687 e. The van der Waals surface area contributed by atoms with Crippen molar-refractivity contribution in [3.05, 3.63) is 40.6 Å². The summed E-state index contributed by atoms with van der Waals surface area (Å²) < 4.78 is 0. The quantitative estimate of drug-likeness (QED) is 0.658. The van der Waals surface area contributed by atoms with Crippen LogP contribution in [0.5, 0.6) is 0 Å². The summed E-state index contributed by atoms with van der Waals surface area (Å²) in [5, 5.41) is 0. The first kappa shape index (κ1) is 11.7. The van der Waals surface area contributed by atoms with Crippen LogP contribution in [-0.2, 0) is 12.8 Å². The van der Waals surface area contributed by atoms with Crippen LogP contribution in [0.25, 0.3) is 6.08 Å². The molecule has 1 aliphatic carbocycles.